The van der Waals surface area contributed by atoms with Gasteiger partial charge in [-0.1, -0.05) is 0 Å². The number of anilines is 2. The number of hydrogen-bond acceptors (Lipinski definition) is 6. The summed E-state index contributed by atoms with van der Waals surface area (Å²) in [6.07, 6.45) is 0.281. The van der Waals surface area contributed by atoms with Crippen LogP contribution in [0.3, 0.4) is 0 Å². The second-order valence-corrected chi connectivity index (χ2v) is 5.73. The standard InChI is InChI=1S/C14H20N2O4S/c1-9(21-7-6-13(17)20-3)14(18)16-12-5-4-10(19-2)8-11(12)15/h4-5,8-9H,6-7,15H2,1-3H3,(H,16,18). The van der Waals surface area contributed by atoms with Gasteiger partial charge < -0.3 is 20.5 Å². The van der Waals surface area contributed by atoms with Crippen LogP contribution in [0.2, 0.25) is 0 Å². The van der Waals surface area contributed by atoms with Gasteiger partial charge >= 0.3 is 5.97 Å². The number of esters is 1. The van der Waals surface area contributed by atoms with E-state index in [-0.39, 0.29) is 23.5 Å². The summed E-state index contributed by atoms with van der Waals surface area (Å²) >= 11 is 1.38. The monoisotopic (exact) mass is 312 g/mol. The van der Waals surface area contributed by atoms with Crippen LogP contribution in [0.25, 0.3) is 0 Å². The maximum atomic E-state index is 12.0. The molecule has 1 atom stereocenters. The molecule has 116 valence electrons. The summed E-state index contributed by atoms with van der Waals surface area (Å²) in [5.74, 6) is 0.710. The van der Waals surface area contributed by atoms with Gasteiger partial charge in [0.25, 0.3) is 0 Å². The molecule has 1 amide bonds. The minimum atomic E-state index is -0.295. The third kappa shape index (κ3) is 5.55. The van der Waals surface area contributed by atoms with Gasteiger partial charge in [-0.15, -0.1) is 11.8 Å². The third-order valence-corrected chi connectivity index (χ3v) is 3.94. The van der Waals surface area contributed by atoms with Crippen LogP contribution in [0.1, 0.15) is 13.3 Å². The first-order valence-corrected chi connectivity index (χ1v) is 7.45. The number of amides is 1. The molecule has 0 aromatic heterocycles. The Hall–Kier alpha value is -1.89. The van der Waals surface area contributed by atoms with E-state index in [1.807, 2.05) is 0 Å². The predicted octanol–water partition coefficient (Wildman–Crippen LogP) is 1.90. The van der Waals surface area contributed by atoms with E-state index in [0.717, 1.165) is 0 Å². The fourth-order valence-corrected chi connectivity index (χ4v) is 2.36. The van der Waals surface area contributed by atoms with Crippen molar-refractivity contribution >= 4 is 35.0 Å². The van der Waals surface area contributed by atoms with Crippen molar-refractivity contribution in [1.29, 1.82) is 0 Å². The summed E-state index contributed by atoms with van der Waals surface area (Å²) in [6.45, 7) is 1.77. The molecule has 1 rings (SSSR count). The number of carbonyl (C=O) groups excluding carboxylic acids is 2. The third-order valence-electron chi connectivity index (χ3n) is 2.79. The van der Waals surface area contributed by atoms with Gasteiger partial charge in [0.2, 0.25) is 5.91 Å². The van der Waals surface area contributed by atoms with Gasteiger partial charge in [0.1, 0.15) is 5.75 Å². The van der Waals surface area contributed by atoms with E-state index in [1.54, 1.807) is 32.2 Å². The highest BCUT2D eigenvalue weighted by Crippen LogP contribution is 2.25. The van der Waals surface area contributed by atoms with Crippen LogP contribution in [0, 0.1) is 0 Å². The molecule has 1 aromatic rings. The first kappa shape index (κ1) is 17.2. The molecule has 6 nitrogen and oxygen atoms in total. The van der Waals surface area contributed by atoms with E-state index >= 15 is 0 Å². The molecule has 0 aliphatic heterocycles. The molecular weight excluding hydrogens is 292 g/mol. The largest absolute Gasteiger partial charge is 0.497 e. The number of nitrogen functional groups attached to an aromatic ring is 1. The summed E-state index contributed by atoms with van der Waals surface area (Å²) in [6, 6.07) is 5.06. The molecule has 0 saturated heterocycles. The van der Waals surface area contributed by atoms with Crippen molar-refractivity contribution in [2.75, 3.05) is 31.0 Å². The van der Waals surface area contributed by atoms with Gasteiger partial charge in [-0.25, -0.2) is 0 Å². The molecule has 1 unspecified atom stereocenters. The predicted molar refractivity (Wildman–Crippen MR) is 84.6 cm³/mol. The van der Waals surface area contributed by atoms with Crippen LogP contribution in [0.4, 0.5) is 11.4 Å². The van der Waals surface area contributed by atoms with Crippen molar-refractivity contribution in [1.82, 2.24) is 0 Å². The summed E-state index contributed by atoms with van der Waals surface area (Å²) in [5, 5.41) is 2.46. The van der Waals surface area contributed by atoms with E-state index in [9.17, 15) is 9.59 Å². The number of carbonyl (C=O) groups is 2. The molecule has 0 aliphatic carbocycles. The van der Waals surface area contributed by atoms with Crippen LogP contribution >= 0.6 is 11.8 Å². The SMILES string of the molecule is COC(=O)CCSC(C)C(=O)Nc1ccc(OC)cc1N. The molecule has 0 radical (unpaired) electrons. The number of rotatable bonds is 7. The number of nitrogens with two attached hydrogens (primary N) is 1. The Morgan fingerprint density at radius 2 is 2.10 bits per heavy atom. The Labute approximate surface area is 128 Å². The molecule has 0 heterocycles. The second-order valence-electron chi connectivity index (χ2n) is 4.28. The van der Waals surface area contributed by atoms with E-state index < -0.39 is 0 Å². The average molecular weight is 312 g/mol. The molecule has 0 fully saturated rings. The number of nitrogens with one attached hydrogen (secondary N) is 1. The zero-order valence-electron chi connectivity index (χ0n) is 12.3. The minimum Gasteiger partial charge on any atom is -0.497 e. The summed E-state index contributed by atoms with van der Waals surface area (Å²) < 4.78 is 9.59. The van der Waals surface area contributed by atoms with E-state index in [2.05, 4.69) is 10.1 Å². The van der Waals surface area contributed by atoms with Crippen molar-refractivity contribution < 1.29 is 19.1 Å². The number of thioether (sulfide) groups is 1. The lowest BCUT2D eigenvalue weighted by Gasteiger charge is -2.13. The minimum absolute atomic E-state index is 0.165. The summed E-state index contributed by atoms with van der Waals surface area (Å²) in [5.41, 5.74) is 6.82. The van der Waals surface area contributed by atoms with Gasteiger partial charge in [0, 0.05) is 11.8 Å². The van der Waals surface area contributed by atoms with Gasteiger partial charge in [-0.2, -0.15) is 0 Å². The highest BCUT2D eigenvalue weighted by Gasteiger charge is 2.15. The summed E-state index contributed by atoms with van der Waals surface area (Å²) in [4.78, 5) is 23.0. The lowest BCUT2D eigenvalue weighted by atomic mass is 10.2. The Morgan fingerprint density at radius 3 is 2.67 bits per heavy atom. The quantitative estimate of drug-likeness (QED) is 0.590. The molecule has 0 saturated carbocycles. The molecule has 0 aliphatic rings. The van der Waals surface area contributed by atoms with E-state index in [1.165, 1.54) is 18.9 Å². The normalized spacial score (nSPS) is 11.6. The Kier molecular flexibility index (Phi) is 6.87. The van der Waals surface area contributed by atoms with Crippen molar-refractivity contribution in [3.05, 3.63) is 18.2 Å². The van der Waals surface area contributed by atoms with Crippen LogP contribution < -0.4 is 15.8 Å². The van der Waals surface area contributed by atoms with Crippen molar-refractivity contribution in [3.63, 3.8) is 0 Å². The fraction of sp³-hybridized carbons (Fsp3) is 0.429. The number of methoxy groups -OCH3 is 2. The zero-order chi connectivity index (χ0) is 15.8. The summed E-state index contributed by atoms with van der Waals surface area (Å²) in [7, 11) is 2.89. The van der Waals surface area contributed by atoms with Crippen molar-refractivity contribution in [2.24, 2.45) is 0 Å². The molecular formula is C14H20N2O4S. The first-order valence-electron chi connectivity index (χ1n) is 6.40. The second kappa shape index (κ2) is 8.41. The van der Waals surface area contributed by atoms with E-state index in [4.69, 9.17) is 10.5 Å². The number of hydrogen-bond donors (Lipinski definition) is 2. The lowest BCUT2D eigenvalue weighted by Crippen LogP contribution is -2.23. The first-order chi connectivity index (χ1) is 9.97. The number of benzene rings is 1. The highest BCUT2D eigenvalue weighted by molar-refractivity contribution is 8.00. The molecule has 1 aromatic carbocycles. The molecule has 0 spiro atoms. The zero-order valence-corrected chi connectivity index (χ0v) is 13.2. The van der Waals surface area contributed by atoms with Crippen LogP contribution in [-0.4, -0.2) is 37.1 Å². The Morgan fingerprint density at radius 1 is 1.38 bits per heavy atom. The molecule has 0 bridgehead atoms. The smallest absolute Gasteiger partial charge is 0.306 e. The Balaban J connectivity index is 2.50. The fourth-order valence-electron chi connectivity index (χ4n) is 1.51. The van der Waals surface area contributed by atoms with Crippen LogP contribution in [0.5, 0.6) is 5.75 Å². The van der Waals surface area contributed by atoms with Crippen LogP contribution in [0.15, 0.2) is 18.2 Å². The van der Waals surface area contributed by atoms with Crippen molar-refractivity contribution in [3.8, 4) is 5.75 Å². The van der Waals surface area contributed by atoms with Gasteiger partial charge in [0.15, 0.2) is 0 Å². The van der Waals surface area contributed by atoms with Gasteiger partial charge in [-0.05, 0) is 19.1 Å². The van der Waals surface area contributed by atoms with E-state index in [0.29, 0.717) is 22.9 Å². The van der Waals surface area contributed by atoms with Crippen LogP contribution in [-0.2, 0) is 14.3 Å². The maximum absolute atomic E-state index is 12.0. The molecule has 21 heavy (non-hydrogen) atoms. The molecule has 7 heteroatoms. The number of ether oxygens (including phenoxy) is 2. The lowest BCUT2D eigenvalue weighted by molar-refractivity contribution is -0.140. The highest BCUT2D eigenvalue weighted by atomic mass is 32.2. The molecule has 3 N–H and O–H groups in total. The van der Waals surface area contributed by atoms with Gasteiger partial charge in [0.05, 0.1) is 37.3 Å². The topological polar surface area (TPSA) is 90.7 Å². The van der Waals surface area contributed by atoms with Crippen molar-refractivity contribution in [2.45, 2.75) is 18.6 Å². The average Bonchev–Trinajstić information content (AvgIpc) is 2.48. The van der Waals surface area contributed by atoms with Gasteiger partial charge in [-0.3, -0.25) is 9.59 Å². The Bertz CT molecular complexity index is 508. The maximum Gasteiger partial charge on any atom is 0.306 e.